The molecule has 1 fully saturated rings. The number of aliphatic carboxylic acids is 1. The van der Waals surface area contributed by atoms with Gasteiger partial charge in [0.2, 0.25) is 5.91 Å². The monoisotopic (exact) mass is 251 g/mol. The Bertz CT molecular complexity index is 455. The van der Waals surface area contributed by atoms with Crippen molar-refractivity contribution in [2.75, 3.05) is 0 Å². The van der Waals surface area contributed by atoms with Crippen LogP contribution < -0.4 is 5.32 Å². The molecule has 0 saturated heterocycles. The number of hydrogen-bond acceptors (Lipinski definition) is 3. The quantitative estimate of drug-likeness (QED) is 0.738. The zero-order valence-electron chi connectivity index (χ0n) is 10.3. The van der Waals surface area contributed by atoms with Crippen LogP contribution >= 0.6 is 0 Å². The summed E-state index contributed by atoms with van der Waals surface area (Å²) < 4.78 is 0. The zero-order valence-corrected chi connectivity index (χ0v) is 10.3. The smallest absolute Gasteiger partial charge is 0.307 e. The normalized spacial score (nSPS) is 22.9. The van der Waals surface area contributed by atoms with Gasteiger partial charge in [-0.2, -0.15) is 5.10 Å². The number of rotatable bonds is 4. The molecule has 2 unspecified atom stereocenters. The van der Waals surface area contributed by atoms with E-state index in [9.17, 15) is 9.59 Å². The Kier molecular flexibility index (Phi) is 3.64. The van der Waals surface area contributed by atoms with Gasteiger partial charge in [-0.1, -0.05) is 6.42 Å². The summed E-state index contributed by atoms with van der Waals surface area (Å²) in [5.41, 5.74) is 1.84. The number of aryl methyl sites for hydroxylation is 1. The molecule has 0 radical (unpaired) electrons. The van der Waals surface area contributed by atoms with Crippen LogP contribution in [0.3, 0.4) is 0 Å². The molecule has 3 N–H and O–H groups in total. The van der Waals surface area contributed by atoms with Crippen LogP contribution in [0.5, 0.6) is 0 Å². The average Bonchev–Trinajstić information content (AvgIpc) is 2.94. The number of hydrogen-bond donors (Lipinski definition) is 3. The van der Waals surface area contributed by atoms with E-state index in [4.69, 9.17) is 5.11 Å². The second-order valence-electron chi connectivity index (χ2n) is 4.72. The molecule has 0 bridgehead atoms. The number of carboxylic acids is 1. The molecule has 1 aliphatic carbocycles. The third-order valence-electron chi connectivity index (χ3n) is 3.56. The van der Waals surface area contributed by atoms with Gasteiger partial charge in [0.25, 0.3) is 0 Å². The highest BCUT2D eigenvalue weighted by Crippen LogP contribution is 2.32. The highest BCUT2D eigenvalue weighted by atomic mass is 16.4. The van der Waals surface area contributed by atoms with E-state index in [2.05, 4.69) is 15.5 Å². The van der Waals surface area contributed by atoms with Gasteiger partial charge in [-0.15, -0.1) is 0 Å². The number of carboxylic acid groups (broad SMARTS) is 1. The molecule has 2 atom stereocenters. The van der Waals surface area contributed by atoms with Crippen molar-refractivity contribution in [3.63, 3.8) is 0 Å². The largest absolute Gasteiger partial charge is 0.481 e. The van der Waals surface area contributed by atoms with Crippen molar-refractivity contribution in [3.05, 3.63) is 17.5 Å². The van der Waals surface area contributed by atoms with Crippen LogP contribution in [0.25, 0.3) is 0 Å². The van der Waals surface area contributed by atoms with E-state index in [1.54, 1.807) is 6.20 Å². The predicted molar refractivity (Wildman–Crippen MR) is 63.6 cm³/mol. The van der Waals surface area contributed by atoms with Crippen LogP contribution in [0.4, 0.5) is 0 Å². The molecule has 6 nitrogen and oxygen atoms in total. The molecule has 2 rings (SSSR count). The highest BCUT2D eigenvalue weighted by molar-refractivity contribution is 5.85. The van der Waals surface area contributed by atoms with Crippen LogP contribution in [0.1, 0.15) is 30.5 Å². The predicted octanol–water partition coefficient (Wildman–Crippen LogP) is 0.835. The number of amides is 1. The molecular formula is C12H17N3O3. The van der Waals surface area contributed by atoms with E-state index in [1.807, 2.05) is 6.92 Å². The lowest BCUT2D eigenvalue weighted by Gasteiger charge is -2.15. The minimum Gasteiger partial charge on any atom is -0.481 e. The second kappa shape index (κ2) is 5.20. The van der Waals surface area contributed by atoms with Crippen molar-refractivity contribution in [2.24, 2.45) is 11.8 Å². The molecule has 1 aliphatic rings. The van der Waals surface area contributed by atoms with Crippen molar-refractivity contribution in [2.45, 2.75) is 32.7 Å². The first kappa shape index (κ1) is 12.6. The lowest BCUT2D eigenvalue weighted by atomic mass is 9.95. The summed E-state index contributed by atoms with van der Waals surface area (Å²) in [5.74, 6) is -1.96. The summed E-state index contributed by atoms with van der Waals surface area (Å²) in [5, 5.41) is 18.5. The maximum Gasteiger partial charge on any atom is 0.307 e. The SMILES string of the molecule is Cc1[nH]ncc1CNC(=O)C1CCCC1C(=O)O. The lowest BCUT2D eigenvalue weighted by Crippen LogP contribution is -2.34. The molecule has 0 spiro atoms. The number of H-pyrrole nitrogens is 1. The summed E-state index contributed by atoms with van der Waals surface area (Å²) in [7, 11) is 0. The fourth-order valence-corrected chi connectivity index (χ4v) is 2.44. The number of carbonyl (C=O) groups is 2. The number of carbonyl (C=O) groups excluding carboxylic acids is 1. The maximum absolute atomic E-state index is 12.0. The first-order valence-corrected chi connectivity index (χ1v) is 6.09. The van der Waals surface area contributed by atoms with Gasteiger partial charge < -0.3 is 10.4 Å². The summed E-state index contributed by atoms with van der Waals surface area (Å²) in [6.07, 6.45) is 3.73. The van der Waals surface area contributed by atoms with Gasteiger partial charge >= 0.3 is 5.97 Å². The van der Waals surface area contributed by atoms with Gasteiger partial charge in [0.1, 0.15) is 0 Å². The molecule has 18 heavy (non-hydrogen) atoms. The third kappa shape index (κ3) is 2.52. The van der Waals surface area contributed by atoms with Crippen LogP contribution in [0.2, 0.25) is 0 Å². The maximum atomic E-state index is 12.0. The molecule has 6 heteroatoms. The van der Waals surface area contributed by atoms with E-state index >= 15 is 0 Å². The van der Waals surface area contributed by atoms with Gasteiger partial charge in [-0.05, 0) is 19.8 Å². The van der Waals surface area contributed by atoms with Gasteiger partial charge in [0.15, 0.2) is 0 Å². The van der Waals surface area contributed by atoms with Crippen molar-refractivity contribution in [1.82, 2.24) is 15.5 Å². The summed E-state index contributed by atoms with van der Waals surface area (Å²) >= 11 is 0. The van der Waals surface area contributed by atoms with Crippen LogP contribution in [0, 0.1) is 18.8 Å². The van der Waals surface area contributed by atoms with E-state index in [1.165, 1.54) is 0 Å². The lowest BCUT2D eigenvalue weighted by molar-refractivity contribution is -0.146. The Hall–Kier alpha value is -1.85. The molecular weight excluding hydrogens is 234 g/mol. The van der Waals surface area contributed by atoms with Crippen molar-refractivity contribution in [1.29, 1.82) is 0 Å². The summed E-state index contributed by atoms with van der Waals surface area (Å²) in [6.45, 7) is 2.27. The van der Waals surface area contributed by atoms with Crippen LogP contribution in [0.15, 0.2) is 6.20 Å². The molecule has 1 aromatic heterocycles. The van der Waals surface area contributed by atoms with E-state index in [0.717, 1.165) is 17.7 Å². The highest BCUT2D eigenvalue weighted by Gasteiger charge is 2.37. The Labute approximate surface area is 105 Å². The molecule has 1 saturated carbocycles. The molecule has 0 aromatic carbocycles. The van der Waals surface area contributed by atoms with E-state index < -0.39 is 17.8 Å². The molecule has 1 heterocycles. The Balaban J connectivity index is 1.92. The molecule has 1 aromatic rings. The first-order valence-electron chi connectivity index (χ1n) is 6.09. The third-order valence-corrected chi connectivity index (χ3v) is 3.56. The number of aromatic nitrogens is 2. The van der Waals surface area contributed by atoms with Crippen molar-refractivity contribution in [3.8, 4) is 0 Å². The molecule has 0 aliphatic heterocycles. The fraction of sp³-hybridized carbons (Fsp3) is 0.583. The van der Waals surface area contributed by atoms with Crippen molar-refractivity contribution < 1.29 is 14.7 Å². The number of aromatic amines is 1. The number of nitrogens with zero attached hydrogens (tertiary/aromatic N) is 1. The topological polar surface area (TPSA) is 95.1 Å². The van der Waals surface area contributed by atoms with Gasteiger partial charge in [0, 0.05) is 17.8 Å². The van der Waals surface area contributed by atoms with Gasteiger partial charge in [-0.25, -0.2) is 0 Å². The summed E-state index contributed by atoms with van der Waals surface area (Å²) in [6, 6.07) is 0. The van der Waals surface area contributed by atoms with Gasteiger partial charge in [-0.3, -0.25) is 14.7 Å². The number of nitrogens with one attached hydrogen (secondary N) is 2. The zero-order chi connectivity index (χ0) is 13.1. The second-order valence-corrected chi connectivity index (χ2v) is 4.72. The van der Waals surface area contributed by atoms with E-state index in [-0.39, 0.29) is 5.91 Å². The minimum absolute atomic E-state index is 0.166. The molecule has 98 valence electrons. The van der Waals surface area contributed by atoms with E-state index in [0.29, 0.717) is 19.4 Å². The Morgan fingerprint density at radius 2 is 2.22 bits per heavy atom. The Morgan fingerprint density at radius 1 is 1.50 bits per heavy atom. The van der Waals surface area contributed by atoms with Crippen LogP contribution in [-0.2, 0) is 16.1 Å². The van der Waals surface area contributed by atoms with Gasteiger partial charge in [0.05, 0.1) is 18.0 Å². The minimum atomic E-state index is -0.868. The molecule has 1 amide bonds. The van der Waals surface area contributed by atoms with Crippen molar-refractivity contribution >= 4 is 11.9 Å². The summed E-state index contributed by atoms with van der Waals surface area (Å²) in [4.78, 5) is 23.0. The standard InChI is InChI=1S/C12H17N3O3/c1-7-8(6-14-15-7)5-13-11(16)9-3-2-4-10(9)12(17)18/h6,9-10H,2-5H2,1H3,(H,13,16)(H,14,15)(H,17,18). The fourth-order valence-electron chi connectivity index (χ4n) is 2.44. The Morgan fingerprint density at radius 3 is 2.83 bits per heavy atom. The first-order chi connectivity index (χ1) is 8.59. The average molecular weight is 251 g/mol. The van der Waals surface area contributed by atoms with Crippen LogP contribution in [-0.4, -0.2) is 27.2 Å².